The summed E-state index contributed by atoms with van der Waals surface area (Å²) in [6.45, 7) is 6.32. The average Bonchev–Trinajstić information content (AvgIpc) is 2.62. The van der Waals surface area contributed by atoms with Crippen molar-refractivity contribution < 1.29 is 9.36 Å². The summed E-state index contributed by atoms with van der Waals surface area (Å²) in [7, 11) is 0. The number of benzene rings is 1. The Labute approximate surface area is 159 Å². The van der Waals surface area contributed by atoms with Crippen molar-refractivity contribution in [2.45, 2.75) is 25.8 Å². The first-order valence-electron chi connectivity index (χ1n) is 8.25. The van der Waals surface area contributed by atoms with Gasteiger partial charge in [0.05, 0.1) is 5.02 Å². The number of carbonyl (C=O) groups is 1. The van der Waals surface area contributed by atoms with Gasteiger partial charge < -0.3 is 5.32 Å². The first-order valence-corrected chi connectivity index (χ1v) is 9.04. The van der Waals surface area contributed by atoms with Crippen LogP contribution in [0.3, 0.4) is 0 Å². The second kappa shape index (κ2) is 9.44. The van der Waals surface area contributed by atoms with Crippen LogP contribution in [0, 0.1) is 0 Å². The smallest absolute Gasteiger partial charge is 0.270 e. The number of carbonyl (C=O) groups excluding carboxylic acids is 1. The molecular formula is C20H22ClN2OS+. The minimum Gasteiger partial charge on any atom is -0.370 e. The van der Waals surface area contributed by atoms with E-state index in [-0.39, 0.29) is 5.78 Å². The molecule has 2 rings (SSSR count). The fourth-order valence-corrected chi connectivity index (χ4v) is 3.10. The maximum absolute atomic E-state index is 13.1. The van der Waals surface area contributed by atoms with Gasteiger partial charge in [-0.2, -0.15) is 4.57 Å². The van der Waals surface area contributed by atoms with E-state index < -0.39 is 6.04 Å². The Bertz CT molecular complexity index is 759. The monoisotopic (exact) mass is 373 g/mol. The van der Waals surface area contributed by atoms with Crippen molar-refractivity contribution in [2.75, 3.05) is 6.54 Å². The number of hydrogen-bond donors (Lipinski definition) is 1. The van der Waals surface area contributed by atoms with Crippen molar-refractivity contribution in [1.82, 2.24) is 5.32 Å². The van der Waals surface area contributed by atoms with Crippen LogP contribution in [0.5, 0.6) is 0 Å². The fourth-order valence-electron chi connectivity index (χ4n) is 2.56. The first kappa shape index (κ1) is 19.3. The molecule has 0 spiro atoms. The van der Waals surface area contributed by atoms with E-state index in [0.717, 1.165) is 12.8 Å². The van der Waals surface area contributed by atoms with Crippen molar-refractivity contribution in [3.8, 4) is 0 Å². The van der Waals surface area contributed by atoms with Crippen molar-refractivity contribution in [1.29, 1.82) is 0 Å². The number of aryl methyl sites for hydroxylation is 1. The van der Waals surface area contributed by atoms with Crippen LogP contribution in [0.2, 0.25) is 5.02 Å². The molecule has 1 atom stereocenters. The molecule has 0 saturated carbocycles. The predicted octanol–water partition coefficient (Wildman–Crippen LogP) is 4.11. The van der Waals surface area contributed by atoms with Gasteiger partial charge in [-0.15, -0.1) is 6.58 Å². The fraction of sp³-hybridized carbons (Fsp3) is 0.250. The first-order chi connectivity index (χ1) is 12.1. The van der Waals surface area contributed by atoms with Gasteiger partial charge in [0.25, 0.3) is 6.04 Å². The van der Waals surface area contributed by atoms with Gasteiger partial charge in [0.1, 0.15) is 0 Å². The molecule has 1 aromatic heterocycles. The highest BCUT2D eigenvalue weighted by Gasteiger charge is 2.33. The van der Waals surface area contributed by atoms with Crippen LogP contribution in [0.25, 0.3) is 0 Å². The quantitative estimate of drug-likeness (QED) is 0.327. The zero-order chi connectivity index (χ0) is 18.2. The van der Waals surface area contributed by atoms with Crippen molar-refractivity contribution >= 4 is 34.6 Å². The molecule has 3 nitrogen and oxygen atoms in total. The number of halogens is 1. The second-order valence-corrected chi connectivity index (χ2v) is 6.53. The lowest BCUT2D eigenvalue weighted by atomic mass is 10.0. The van der Waals surface area contributed by atoms with E-state index in [1.54, 1.807) is 30.3 Å². The van der Waals surface area contributed by atoms with Crippen LogP contribution in [-0.4, -0.2) is 17.3 Å². The zero-order valence-electron chi connectivity index (χ0n) is 14.2. The minimum atomic E-state index is -0.648. The van der Waals surface area contributed by atoms with Crippen molar-refractivity contribution in [3.63, 3.8) is 0 Å². The standard InChI is InChI=1S/C20H21ClN2OS/c1-3-7-15-10-13-23(14-11-15)18(20(25)22-12-4-2)19(24)16-8-5-6-9-17(16)21/h4-6,8-11,13-14,18H,2-3,7,12H2,1H3/p+1/t18-/m1/s1. The average molecular weight is 374 g/mol. The molecule has 0 aliphatic heterocycles. The number of aromatic nitrogens is 1. The lowest BCUT2D eigenvalue weighted by molar-refractivity contribution is -0.692. The number of thiocarbonyl (C=S) groups is 1. The van der Waals surface area contributed by atoms with E-state index in [1.807, 2.05) is 29.1 Å². The predicted molar refractivity (Wildman–Crippen MR) is 106 cm³/mol. The molecule has 1 aromatic carbocycles. The maximum Gasteiger partial charge on any atom is 0.270 e. The minimum absolute atomic E-state index is 0.139. The van der Waals surface area contributed by atoms with Crippen LogP contribution in [0.15, 0.2) is 61.4 Å². The number of nitrogens with zero attached hydrogens (tertiary/aromatic N) is 1. The van der Waals surface area contributed by atoms with Gasteiger partial charge >= 0.3 is 0 Å². The number of Topliss-reactive ketones (excluding diaryl/α,β-unsaturated/α-hetero) is 1. The maximum atomic E-state index is 13.1. The van der Waals surface area contributed by atoms with Crippen molar-refractivity contribution in [2.24, 2.45) is 0 Å². The van der Waals surface area contributed by atoms with Gasteiger partial charge in [-0.1, -0.05) is 55.4 Å². The highest BCUT2D eigenvalue weighted by molar-refractivity contribution is 7.80. The van der Waals surface area contributed by atoms with Gasteiger partial charge in [0.15, 0.2) is 17.4 Å². The highest BCUT2D eigenvalue weighted by atomic mass is 35.5. The Morgan fingerprint density at radius 2 is 2.00 bits per heavy atom. The van der Waals surface area contributed by atoms with Crippen LogP contribution < -0.4 is 9.88 Å². The van der Waals surface area contributed by atoms with Crippen LogP contribution in [0.1, 0.15) is 35.3 Å². The summed E-state index contributed by atoms with van der Waals surface area (Å²) >= 11 is 11.7. The zero-order valence-corrected chi connectivity index (χ0v) is 15.8. The molecule has 0 aliphatic carbocycles. The number of pyridine rings is 1. The summed E-state index contributed by atoms with van der Waals surface area (Å²) in [5.74, 6) is -0.139. The van der Waals surface area contributed by atoms with E-state index in [0.29, 0.717) is 22.1 Å². The molecule has 0 fully saturated rings. The molecule has 0 radical (unpaired) electrons. The summed E-state index contributed by atoms with van der Waals surface area (Å²) in [6, 6.07) is 10.4. The van der Waals surface area contributed by atoms with Crippen LogP contribution in [-0.2, 0) is 6.42 Å². The van der Waals surface area contributed by atoms with E-state index in [2.05, 4.69) is 18.8 Å². The Morgan fingerprint density at radius 1 is 1.32 bits per heavy atom. The Hall–Kier alpha value is -2.04. The lowest BCUT2D eigenvalue weighted by Crippen LogP contribution is -2.51. The second-order valence-electron chi connectivity index (χ2n) is 5.68. The summed E-state index contributed by atoms with van der Waals surface area (Å²) in [4.78, 5) is 13.6. The number of nitrogens with one attached hydrogen (secondary N) is 1. The third-order valence-corrected chi connectivity index (χ3v) is 4.51. The van der Waals surface area contributed by atoms with Crippen LogP contribution >= 0.6 is 23.8 Å². The van der Waals surface area contributed by atoms with Gasteiger partial charge in [-0.05, 0) is 24.1 Å². The van der Waals surface area contributed by atoms with Gasteiger partial charge in [0, 0.05) is 24.2 Å². The SMILES string of the molecule is C=CCNC(=S)[C@@H](C(=O)c1ccccc1Cl)[n+]1ccc(CCC)cc1. The molecular weight excluding hydrogens is 352 g/mol. The largest absolute Gasteiger partial charge is 0.370 e. The Kier molecular flexibility index (Phi) is 7.29. The molecule has 1 N–H and O–H groups in total. The number of rotatable bonds is 8. The Morgan fingerprint density at radius 3 is 2.60 bits per heavy atom. The van der Waals surface area contributed by atoms with Gasteiger partial charge in [-0.3, -0.25) is 4.79 Å². The molecule has 130 valence electrons. The lowest BCUT2D eigenvalue weighted by Gasteiger charge is -2.15. The van der Waals surface area contributed by atoms with E-state index in [1.165, 1.54) is 5.56 Å². The summed E-state index contributed by atoms with van der Waals surface area (Å²) in [5.41, 5.74) is 1.69. The molecule has 0 amide bonds. The number of ketones is 1. The molecule has 1 heterocycles. The van der Waals surface area contributed by atoms with Crippen LogP contribution in [0.4, 0.5) is 0 Å². The molecule has 2 aromatic rings. The van der Waals surface area contributed by atoms with Gasteiger partial charge in [-0.25, -0.2) is 0 Å². The molecule has 25 heavy (non-hydrogen) atoms. The summed E-state index contributed by atoms with van der Waals surface area (Å²) in [5, 5.41) is 3.49. The third-order valence-electron chi connectivity index (χ3n) is 3.81. The topological polar surface area (TPSA) is 33.0 Å². The van der Waals surface area contributed by atoms with Crippen molar-refractivity contribution in [3.05, 3.63) is 77.6 Å². The normalized spacial score (nSPS) is 11.6. The molecule has 5 heteroatoms. The molecule has 0 saturated heterocycles. The number of hydrogen-bond acceptors (Lipinski definition) is 2. The molecule has 0 bridgehead atoms. The molecule has 0 aliphatic rings. The summed E-state index contributed by atoms with van der Waals surface area (Å²) < 4.78 is 1.82. The summed E-state index contributed by atoms with van der Waals surface area (Å²) in [6.07, 6.45) is 7.57. The third kappa shape index (κ3) is 4.97. The van der Waals surface area contributed by atoms with Gasteiger partial charge in [0.2, 0.25) is 5.78 Å². The van der Waals surface area contributed by atoms with E-state index >= 15 is 0 Å². The Balaban J connectivity index is 2.39. The molecule has 0 unspecified atom stereocenters. The van der Waals surface area contributed by atoms with E-state index in [4.69, 9.17) is 23.8 Å². The van der Waals surface area contributed by atoms with E-state index in [9.17, 15) is 4.79 Å². The highest BCUT2D eigenvalue weighted by Crippen LogP contribution is 2.20.